The Bertz CT molecular complexity index is 980. The molecule has 1 aromatic heterocycles. The van der Waals surface area contributed by atoms with Crippen LogP contribution in [0.4, 0.5) is 11.8 Å². The van der Waals surface area contributed by atoms with Crippen molar-refractivity contribution in [2.75, 3.05) is 63.2 Å². The zero-order valence-corrected chi connectivity index (χ0v) is 23.9. The molecule has 4 rings (SSSR count). The Labute approximate surface area is 225 Å². The summed E-state index contributed by atoms with van der Waals surface area (Å²) in [6, 6.07) is 11.8. The van der Waals surface area contributed by atoms with E-state index in [1.165, 1.54) is 69.4 Å². The SMILES string of the molecule is CN(C)c1nccc(N(Cc2ccc(/C=C/CN3CCC(N4CCCCC4)CC3)cc2)CC(C)(C)C)n1. The van der Waals surface area contributed by atoms with E-state index < -0.39 is 0 Å². The van der Waals surface area contributed by atoms with Crippen molar-refractivity contribution in [2.24, 2.45) is 5.41 Å². The van der Waals surface area contributed by atoms with Gasteiger partial charge in [0.2, 0.25) is 5.95 Å². The highest BCUT2D eigenvalue weighted by atomic mass is 15.3. The van der Waals surface area contributed by atoms with E-state index in [0.717, 1.165) is 37.4 Å². The van der Waals surface area contributed by atoms with Crippen LogP contribution in [-0.2, 0) is 6.54 Å². The van der Waals surface area contributed by atoms with Crippen LogP contribution in [0.5, 0.6) is 0 Å². The summed E-state index contributed by atoms with van der Waals surface area (Å²) in [7, 11) is 3.97. The van der Waals surface area contributed by atoms with E-state index in [0.29, 0.717) is 0 Å². The van der Waals surface area contributed by atoms with Crippen molar-refractivity contribution >= 4 is 17.8 Å². The van der Waals surface area contributed by atoms with Crippen LogP contribution in [-0.4, -0.2) is 79.2 Å². The maximum atomic E-state index is 4.81. The van der Waals surface area contributed by atoms with E-state index in [-0.39, 0.29) is 5.41 Å². The van der Waals surface area contributed by atoms with E-state index in [4.69, 9.17) is 4.98 Å². The first kappa shape index (κ1) is 27.6. The lowest BCUT2D eigenvalue weighted by Crippen LogP contribution is -2.46. The van der Waals surface area contributed by atoms with Crippen LogP contribution in [0.25, 0.3) is 6.08 Å². The number of rotatable bonds is 9. The largest absolute Gasteiger partial charge is 0.352 e. The van der Waals surface area contributed by atoms with Crippen LogP contribution in [0.3, 0.4) is 0 Å². The fraction of sp³-hybridized carbons (Fsp3) is 0.613. The van der Waals surface area contributed by atoms with E-state index in [1.807, 2.05) is 31.3 Å². The third-order valence-electron chi connectivity index (χ3n) is 7.51. The molecule has 6 nitrogen and oxygen atoms in total. The Balaban J connectivity index is 1.30. The van der Waals surface area contributed by atoms with Crippen molar-refractivity contribution in [1.82, 2.24) is 19.8 Å². The summed E-state index contributed by atoms with van der Waals surface area (Å²) in [5, 5.41) is 0. The first-order chi connectivity index (χ1) is 17.8. The average molecular weight is 505 g/mol. The third kappa shape index (κ3) is 8.54. The van der Waals surface area contributed by atoms with Gasteiger partial charge in [0.1, 0.15) is 5.82 Å². The molecule has 3 heterocycles. The predicted octanol–water partition coefficient (Wildman–Crippen LogP) is 5.56. The summed E-state index contributed by atoms with van der Waals surface area (Å²) in [5.41, 5.74) is 2.73. The molecule has 2 aromatic rings. The quantitative estimate of drug-likeness (QED) is 0.445. The van der Waals surface area contributed by atoms with Gasteiger partial charge in [-0.25, -0.2) is 4.98 Å². The molecule has 0 saturated carbocycles. The van der Waals surface area contributed by atoms with Crippen molar-refractivity contribution in [2.45, 2.75) is 65.5 Å². The van der Waals surface area contributed by atoms with Crippen LogP contribution >= 0.6 is 0 Å². The standard InChI is InChI=1S/C31H48N6/c1-31(2,3)25-37(29-15-18-32-30(33-29)34(4)5)24-27-13-11-26(12-14-27)10-9-19-35-22-16-28(17-23-35)36-20-7-6-8-21-36/h9-15,18,28H,6-8,16-17,19-25H2,1-5H3/b10-9+. The number of hydrogen-bond donors (Lipinski definition) is 0. The molecule has 0 bridgehead atoms. The monoisotopic (exact) mass is 504 g/mol. The molecule has 37 heavy (non-hydrogen) atoms. The summed E-state index contributed by atoms with van der Waals surface area (Å²) in [4.78, 5) is 18.9. The summed E-state index contributed by atoms with van der Waals surface area (Å²) in [6.45, 7) is 14.7. The zero-order chi connectivity index (χ0) is 26.3. The molecule has 2 aliphatic rings. The fourth-order valence-corrected chi connectivity index (χ4v) is 5.56. The highest BCUT2D eigenvalue weighted by Crippen LogP contribution is 2.24. The molecule has 2 fully saturated rings. The molecule has 2 saturated heterocycles. The lowest BCUT2D eigenvalue weighted by atomic mass is 9.95. The average Bonchev–Trinajstić information content (AvgIpc) is 2.89. The van der Waals surface area contributed by atoms with Crippen LogP contribution in [0.2, 0.25) is 0 Å². The maximum Gasteiger partial charge on any atom is 0.226 e. The minimum absolute atomic E-state index is 0.161. The van der Waals surface area contributed by atoms with Gasteiger partial charge in [0.25, 0.3) is 0 Å². The van der Waals surface area contributed by atoms with Crippen molar-refractivity contribution in [3.8, 4) is 0 Å². The van der Waals surface area contributed by atoms with Gasteiger partial charge < -0.3 is 14.7 Å². The van der Waals surface area contributed by atoms with Crippen LogP contribution in [0.1, 0.15) is 64.0 Å². The minimum Gasteiger partial charge on any atom is -0.352 e. The Hall–Kier alpha value is -2.44. The Morgan fingerprint density at radius 1 is 0.946 bits per heavy atom. The third-order valence-corrected chi connectivity index (χ3v) is 7.51. The normalized spacial score (nSPS) is 18.4. The number of anilines is 2. The first-order valence-electron chi connectivity index (χ1n) is 14.2. The van der Waals surface area contributed by atoms with Gasteiger partial charge in [0.15, 0.2) is 0 Å². The van der Waals surface area contributed by atoms with E-state index >= 15 is 0 Å². The van der Waals surface area contributed by atoms with Gasteiger partial charge >= 0.3 is 0 Å². The van der Waals surface area contributed by atoms with Crippen LogP contribution in [0.15, 0.2) is 42.6 Å². The van der Waals surface area contributed by atoms with Gasteiger partial charge in [-0.2, -0.15) is 4.98 Å². The smallest absolute Gasteiger partial charge is 0.226 e. The Kier molecular flexibility index (Phi) is 9.60. The molecule has 0 radical (unpaired) electrons. The summed E-state index contributed by atoms with van der Waals surface area (Å²) in [6.07, 6.45) is 13.4. The van der Waals surface area contributed by atoms with E-state index in [2.05, 4.69) is 76.9 Å². The molecular formula is C31H48N6. The maximum absolute atomic E-state index is 4.81. The van der Waals surface area contributed by atoms with E-state index in [1.54, 1.807) is 0 Å². The second kappa shape index (κ2) is 12.9. The van der Waals surface area contributed by atoms with Crippen molar-refractivity contribution in [3.05, 3.63) is 53.7 Å². The van der Waals surface area contributed by atoms with Crippen molar-refractivity contribution < 1.29 is 0 Å². The number of benzene rings is 1. The van der Waals surface area contributed by atoms with Crippen molar-refractivity contribution in [1.29, 1.82) is 0 Å². The molecule has 202 valence electrons. The van der Waals surface area contributed by atoms with E-state index in [9.17, 15) is 0 Å². The molecule has 6 heteroatoms. The second-order valence-electron chi connectivity index (χ2n) is 12.3. The van der Waals surface area contributed by atoms with Gasteiger partial charge in [-0.1, -0.05) is 63.6 Å². The zero-order valence-electron chi connectivity index (χ0n) is 23.9. The number of piperidine rings is 2. The Morgan fingerprint density at radius 2 is 1.65 bits per heavy atom. The highest BCUT2D eigenvalue weighted by Gasteiger charge is 2.25. The summed E-state index contributed by atoms with van der Waals surface area (Å²) >= 11 is 0. The van der Waals surface area contributed by atoms with Crippen LogP contribution < -0.4 is 9.80 Å². The van der Waals surface area contributed by atoms with Gasteiger partial charge in [-0.3, -0.25) is 4.90 Å². The molecule has 0 aliphatic carbocycles. The lowest BCUT2D eigenvalue weighted by Gasteiger charge is -2.40. The number of nitrogens with zero attached hydrogens (tertiary/aromatic N) is 6. The molecule has 1 aromatic carbocycles. The molecule has 0 spiro atoms. The molecule has 2 aliphatic heterocycles. The summed E-state index contributed by atoms with van der Waals surface area (Å²) < 4.78 is 0. The minimum atomic E-state index is 0.161. The van der Waals surface area contributed by atoms with Gasteiger partial charge in [0.05, 0.1) is 0 Å². The summed E-state index contributed by atoms with van der Waals surface area (Å²) in [5.74, 6) is 1.72. The molecular weight excluding hydrogens is 456 g/mol. The topological polar surface area (TPSA) is 38.7 Å². The van der Waals surface area contributed by atoms with Gasteiger partial charge in [-0.15, -0.1) is 0 Å². The van der Waals surface area contributed by atoms with Gasteiger partial charge in [-0.05, 0) is 74.5 Å². The Morgan fingerprint density at radius 3 is 2.30 bits per heavy atom. The molecule has 0 atom stereocenters. The highest BCUT2D eigenvalue weighted by molar-refractivity contribution is 5.50. The second-order valence-corrected chi connectivity index (χ2v) is 12.3. The van der Waals surface area contributed by atoms with Crippen molar-refractivity contribution in [3.63, 3.8) is 0 Å². The lowest BCUT2D eigenvalue weighted by molar-refractivity contribution is 0.0975. The molecule has 0 N–H and O–H groups in total. The van der Waals surface area contributed by atoms with Crippen LogP contribution in [0, 0.1) is 5.41 Å². The fourth-order valence-electron chi connectivity index (χ4n) is 5.56. The number of aromatic nitrogens is 2. The van der Waals surface area contributed by atoms with Gasteiger partial charge in [0, 0.05) is 46.0 Å². The number of hydrogen-bond acceptors (Lipinski definition) is 6. The first-order valence-corrected chi connectivity index (χ1v) is 14.2. The molecule has 0 unspecified atom stereocenters. The molecule has 0 amide bonds. The predicted molar refractivity (Wildman–Crippen MR) is 157 cm³/mol. The number of likely N-dealkylation sites (tertiary alicyclic amines) is 2.